The Morgan fingerprint density at radius 2 is 1.64 bits per heavy atom. The summed E-state index contributed by atoms with van der Waals surface area (Å²) in [4.78, 5) is 50.8. The topological polar surface area (TPSA) is 136 Å². The molecule has 0 saturated heterocycles. The molecular formula is C45H66FN5O6Si. The summed E-state index contributed by atoms with van der Waals surface area (Å²) < 4.78 is 32.3. The van der Waals surface area contributed by atoms with E-state index in [9.17, 15) is 14.0 Å². The summed E-state index contributed by atoms with van der Waals surface area (Å²) in [6, 6.07) is 10.2. The van der Waals surface area contributed by atoms with Gasteiger partial charge >= 0.3 is 6.09 Å². The molecule has 2 atom stereocenters. The molecule has 0 bridgehead atoms. The summed E-state index contributed by atoms with van der Waals surface area (Å²) in [5.74, 6) is 0.0722. The van der Waals surface area contributed by atoms with Crippen molar-refractivity contribution in [2.75, 3.05) is 31.6 Å². The molecule has 1 aliphatic heterocycles. The average molecular weight is 820 g/mol. The van der Waals surface area contributed by atoms with E-state index in [4.69, 9.17) is 24.6 Å². The number of rotatable bonds is 14. The number of nitrogens with zero attached hydrogens (tertiary/aromatic N) is 3. The Hall–Kier alpha value is -4.49. The van der Waals surface area contributed by atoms with E-state index >= 15 is 4.79 Å². The van der Waals surface area contributed by atoms with Crippen LogP contribution >= 0.6 is 0 Å². The number of likely N-dealkylation sites (N-methyl/N-ethyl adjacent to an activating group) is 1. The summed E-state index contributed by atoms with van der Waals surface area (Å²) in [5.41, 5.74) is 10.0. The smallest absolute Gasteiger partial charge is 0.410 e. The van der Waals surface area contributed by atoms with Gasteiger partial charge in [0.2, 0.25) is 17.7 Å². The zero-order valence-corrected chi connectivity index (χ0v) is 38.2. The summed E-state index contributed by atoms with van der Waals surface area (Å²) >= 11 is 0. The number of carbonyl (C=O) groups excluding carboxylic acids is 3. The summed E-state index contributed by atoms with van der Waals surface area (Å²) in [5, 5.41) is 2.96. The Bertz CT molecular complexity index is 1950. The van der Waals surface area contributed by atoms with Crippen molar-refractivity contribution >= 4 is 31.9 Å². The van der Waals surface area contributed by atoms with Crippen molar-refractivity contribution < 1.29 is 32.7 Å². The normalized spacial score (nSPS) is 15.0. The molecule has 2 aromatic carbocycles. The van der Waals surface area contributed by atoms with Gasteiger partial charge in [0, 0.05) is 44.0 Å². The largest absolute Gasteiger partial charge is 0.530 e. The number of benzene rings is 2. The summed E-state index contributed by atoms with van der Waals surface area (Å²) in [6.07, 6.45) is 0.240. The highest BCUT2D eigenvalue weighted by atomic mass is 28.4. The molecule has 58 heavy (non-hydrogen) atoms. The Morgan fingerprint density at radius 1 is 1.03 bits per heavy atom. The van der Waals surface area contributed by atoms with E-state index < -0.39 is 43.4 Å². The van der Waals surface area contributed by atoms with Crippen LogP contribution in [-0.2, 0) is 32.6 Å². The quantitative estimate of drug-likeness (QED) is 0.156. The number of fused-ring (bicyclic) bond motifs is 1. The number of ether oxygens (including phenoxy) is 2. The van der Waals surface area contributed by atoms with E-state index in [0.717, 1.165) is 27.8 Å². The standard InChI is InChI=1S/C45H66FN5O6Si/c1-15-36(50(12)42(54)56-43(4,5)6)39(52)48-35(26-34-28(2)22-33(23-29(34)3)55-21-20-47)41(53)51-27-45(10,11)38-37(51)25-31(24-30-16-18-32(46)19-17-30)40(49-38)57-58(13,14)44(7,8)9/h16-19,22-23,25,35-36H,15,20-21,24,26-27,47H2,1-14H3,(H,48,52)/t35-,36-/m0/s1. The number of aromatic nitrogens is 1. The molecule has 0 unspecified atom stereocenters. The van der Waals surface area contributed by atoms with Crippen molar-refractivity contribution in [3.8, 4) is 11.6 Å². The predicted octanol–water partition coefficient (Wildman–Crippen LogP) is 8.15. The van der Waals surface area contributed by atoms with E-state index in [1.54, 1.807) is 37.8 Å². The van der Waals surface area contributed by atoms with E-state index in [2.05, 4.69) is 39.2 Å². The number of pyridine rings is 1. The van der Waals surface area contributed by atoms with Crippen molar-refractivity contribution in [1.29, 1.82) is 0 Å². The van der Waals surface area contributed by atoms with Crippen LogP contribution in [0.25, 0.3) is 0 Å². The molecule has 1 aromatic heterocycles. The van der Waals surface area contributed by atoms with Gasteiger partial charge in [0.25, 0.3) is 8.32 Å². The minimum atomic E-state index is -2.37. The maximum atomic E-state index is 15.2. The molecule has 0 saturated carbocycles. The second-order valence-corrected chi connectivity index (χ2v) is 23.5. The number of nitrogens with two attached hydrogens (primary N) is 1. The molecule has 13 heteroatoms. The second-order valence-electron chi connectivity index (χ2n) is 18.7. The summed E-state index contributed by atoms with van der Waals surface area (Å²) in [6.45, 7) is 27.0. The average Bonchev–Trinajstić information content (AvgIpc) is 3.36. The number of halogens is 1. The molecule has 11 nitrogen and oxygen atoms in total. The highest BCUT2D eigenvalue weighted by Crippen LogP contribution is 2.45. The van der Waals surface area contributed by atoms with E-state index in [0.29, 0.717) is 55.5 Å². The Morgan fingerprint density at radius 3 is 2.17 bits per heavy atom. The molecule has 4 rings (SSSR count). The molecule has 3 N–H and O–H groups in total. The third-order valence-electron chi connectivity index (χ3n) is 11.2. The molecule has 0 aliphatic carbocycles. The molecular weight excluding hydrogens is 754 g/mol. The first-order chi connectivity index (χ1) is 26.8. The highest BCUT2D eigenvalue weighted by Gasteiger charge is 2.45. The van der Waals surface area contributed by atoms with Crippen LogP contribution in [0, 0.1) is 19.7 Å². The van der Waals surface area contributed by atoms with Gasteiger partial charge in [-0.25, -0.2) is 14.2 Å². The molecule has 1 aliphatic rings. The molecule has 318 valence electrons. The van der Waals surface area contributed by atoms with Crippen molar-refractivity contribution in [3.63, 3.8) is 0 Å². The number of carbonyl (C=O) groups is 3. The number of amides is 3. The third kappa shape index (κ3) is 11.0. The van der Waals surface area contributed by atoms with Gasteiger partial charge in [-0.05, 0) is 112 Å². The highest BCUT2D eigenvalue weighted by molar-refractivity contribution is 6.74. The first-order valence-electron chi connectivity index (χ1n) is 20.3. The molecule has 3 amide bonds. The minimum absolute atomic E-state index is 0.108. The predicted molar refractivity (Wildman–Crippen MR) is 231 cm³/mol. The number of aryl methyl sites for hydroxylation is 2. The fourth-order valence-corrected chi connectivity index (χ4v) is 7.87. The lowest BCUT2D eigenvalue weighted by Crippen LogP contribution is -2.56. The van der Waals surface area contributed by atoms with E-state index in [-0.39, 0.29) is 23.2 Å². The lowest BCUT2D eigenvalue weighted by atomic mass is 9.90. The first kappa shape index (κ1) is 46.2. The molecule has 0 spiro atoms. The maximum Gasteiger partial charge on any atom is 0.410 e. The number of hydrogen-bond donors (Lipinski definition) is 2. The van der Waals surface area contributed by atoms with Crippen molar-refractivity contribution in [2.45, 2.75) is 137 Å². The monoisotopic (exact) mass is 819 g/mol. The number of anilines is 1. The van der Waals surface area contributed by atoms with E-state index in [1.165, 1.54) is 24.1 Å². The van der Waals surface area contributed by atoms with Crippen LogP contribution in [0.2, 0.25) is 18.1 Å². The Labute approximate surface area is 346 Å². The SMILES string of the molecule is CC[C@@H](C(=O)N[C@@H](Cc1c(C)cc(OCCN)cc1C)C(=O)N1CC(C)(C)c2nc(O[Si](C)(C)C(C)(C)C)c(Cc3ccc(F)cc3)cc21)N(C)C(=O)OC(C)(C)C. The van der Waals surface area contributed by atoms with Crippen molar-refractivity contribution in [3.05, 3.63) is 81.8 Å². The fraction of sp³-hybridized carbons (Fsp3) is 0.556. The van der Waals surface area contributed by atoms with Gasteiger partial charge in [-0.2, -0.15) is 0 Å². The Balaban J connectivity index is 1.83. The van der Waals surface area contributed by atoms with Gasteiger partial charge in [-0.3, -0.25) is 14.5 Å². The third-order valence-corrected chi connectivity index (χ3v) is 15.5. The van der Waals surface area contributed by atoms with Gasteiger partial charge in [0.1, 0.15) is 35.9 Å². The molecule has 0 fully saturated rings. The zero-order valence-electron chi connectivity index (χ0n) is 37.2. The number of hydrogen-bond acceptors (Lipinski definition) is 8. The molecule has 0 radical (unpaired) electrons. The molecule has 3 aromatic rings. The maximum absolute atomic E-state index is 15.2. The first-order valence-corrected chi connectivity index (χ1v) is 23.2. The Kier molecular flexibility index (Phi) is 14.2. The molecule has 2 heterocycles. The van der Waals surface area contributed by atoms with Gasteiger partial charge in [-0.1, -0.05) is 53.7 Å². The van der Waals surface area contributed by atoms with Crippen LogP contribution in [0.3, 0.4) is 0 Å². The van der Waals surface area contributed by atoms with Gasteiger partial charge in [0.15, 0.2) is 0 Å². The van der Waals surface area contributed by atoms with Crippen LogP contribution < -0.4 is 25.1 Å². The van der Waals surface area contributed by atoms with Crippen LogP contribution in [0.15, 0.2) is 42.5 Å². The van der Waals surface area contributed by atoms with Gasteiger partial charge < -0.3 is 29.9 Å². The lowest BCUT2D eigenvalue weighted by molar-refractivity contribution is -0.130. The second kappa shape index (κ2) is 17.8. The minimum Gasteiger partial charge on any atom is -0.530 e. The number of nitrogens with one attached hydrogen (secondary N) is 1. The van der Waals surface area contributed by atoms with Crippen LogP contribution in [0.5, 0.6) is 11.6 Å². The van der Waals surface area contributed by atoms with E-state index in [1.807, 2.05) is 52.8 Å². The van der Waals surface area contributed by atoms with Crippen molar-refractivity contribution in [2.24, 2.45) is 5.73 Å². The fourth-order valence-electron chi connectivity index (χ4n) is 6.91. The zero-order chi connectivity index (χ0) is 43.5. The van der Waals surface area contributed by atoms with Crippen LogP contribution in [0.4, 0.5) is 14.9 Å². The van der Waals surface area contributed by atoms with Gasteiger partial charge in [0.05, 0.1) is 11.4 Å². The lowest BCUT2D eigenvalue weighted by Gasteiger charge is -2.36. The van der Waals surface area contributed by atoms with Crippen LogP contribution in [0.1, 0.15) is 102 Å². The van der Waals surface area contributed by atoms with Crippen molar-refractivity contribution in [1.82, 2.24) is 15.2 Å². The van der Waals surface area contributed by atoms with Crippen LogP contribution in [-0.4, -0.2) is 80.5 Å². The van der Waals surface area contributed by atoms with Gasteiger partial charge in [-0.15, -0.1) is 0 Å². The summed E-state index contributed by atoms with van der Waals surface area (Å²) in [7, 11) is -0.839.